The van der Waals surface area contributed by atoms with E-state index < -0.39 is 24.3 Å². The maximum atomic E-state index is 11.8. The Morgan fingerprint density at radius 3 is 1.70 bits per heavy atom. The van der Waals surface area contributed by atoms with Crippen molar-refractivity contribution in [2.24, 2.45) is 0 Å². The molecule has 0 bridgehead atoms. The molecule has 7 heteroatoms. The minimum atomic E-state index is -1.41. The van der Waals surface area contributed by atoms with Gasteiger partial charge in [0.05, 0.1) is 5.56 Å². The molecular formula is C26H40FNO5. The SMILES string of the molecule is CCCCCCCCCCCCCCCCNc1ccc(C(=O)OC(=O)CC(=O)OF)cc1. The Balaban J connectivity index is 2.01. The topological polar surface area (TPSA) is 81.7 Å². The third-order valence-corrected chi connectivity index (χ3v) is 5.56. The van der Waals surface area contributed by atoms with Crippen molar-refractivity contribution in [1.82, 2.24) is 0 Å². The number of halogens is 1. The molecule has 0 saturated carbocycles. The van der Waals surface area contributed by atoms with Crippen molar-refractivity contribution in [1.29, 1.82) is 0 Å². The van der Waals surface area contributed by atoms with Crippen LogP contribution in [0.5, 0.6) is 0 Å². The van der Waals surface area contributed by atoms with Gasteiger partial charge in [-0.25, -0.2) is 9.59 Å². The van der Waals surface area contributed by atoms with Crippen LogP contribution in [0.3, 0.4) is 0 Å². The van der Waals surface area contributed by atoms with Crippen molar-refractivity contribution in [3.05, 3.63) is 29.8 Å². The van der Waals surface area contributed by atoms with Crippen molar-refractivity contribution in [3.63, 3.8) is 0 Å². The Labute approximate surface area is 197 Å². The highest BCUT2D eigenvalue weighted by Gasteiger charge is 2.17. The molecule has 1 N–H and O–H groups in total. The summed E-state index contributed by atoms with van der Waals surface area (Å²) in [4.78, 5) is 36.7. The van der Waals surface area contributed by atoms with Crippen molar-refractivity contribution in [2.75, 3.05) is 11.9 Å². The molecule has 0 amide bonds. The normalized spacial score (nSPS) is 10.6. The van der Waals surface area contributed by atoms with E-state index >= 15 is 0 Å². The highest BCUT2D eigenvalue weighted by Crippen LogP contribution is 2.14. The average molecular weight is 466 g/mol. The molecule has 33 heavy (non-hydrogen) atoms. The van der Waals surface area contributed by atoms with Crippen molar-refractivity contribution in [3.8, 4) is 0 Å². The van der Waals surface area contributed by atoms with Crippen LogP contribution in [-0.2, 0) is 19.3 Å². The van der Waals surface area contributed by atoms with Crippen LogP contribution in [-0.4, -0.2) is 24.5 Å². The zero-order valence-corrected chi connectivity index (χ0v) is 20.0. The number of carbonyl (C=O) groups is 3. The predicted octanol–water partition coefficient (Wildman–Crippen LogP) is 7.08. The van der Waals surface area contributed by atoms with Crippen LogP contribution < -0.4 is 5.32 Å². The molecule has 0 fully saturated rings. The van der Waals surface area contributed by atoms with Crippen molar-refractivity contribution in [2.45, 2.75) is 103 Å². The molecule has 1 rings (SSSR count). The first-order valence-electron chi connectivity index (χ1n) is 12.5. The summed E-state index contributed by atoms with van der Waals surface area (Å²) in [5, 5.41) is 3.31. The largest absolute Gasteiger partial charge is 0.389 e. The molecule has 0 aliphatic carbocycles. The summed E-state index contributed by atoms with van der Waals surface area (Å²) in [6.45, 7) is 3.11. The molecule has 0 unspecified atom stereocenters. The number of ether oxygens (including phenoxy) is 1. The molecule has 0 aromatic heterocycles. The van der Waals surface area contributed by atoms with Gasteiger partial charge in [-0.3, -0.25) is 9.74 Å². The predicted molar refractivity (Wildman–Crippen MR) is 127 cm³/mol. The van der Waals surface area contributed by atoms with Gasteiger partial charge in [0.1, 0.15) is 6.42 Å². The summed E-state index contributed by atoms with van der Waals surface area (Å²) >= 11 is 0. The van der Waals surface area contributed by atoms with Gasteiger partial charge in [0.2, 0.25) is 0 Å². The molecule has 0 radical (unpaired) electrons. The Morgan fingerprint density at radius 2 is 1.21 bits per heavy atom. The van der Waals surface area contributed by atoms with Crippen molar-refractivity contribution < 1.29 is 28.6 Å². The van der Waals surface area contributed by atoms with E-state index in [9.17, 15) is 18.9 Å². The smallest absolute Gasteiger partial charge is 0.359 e. The number of hydrogen-bond acceptors (Lipinski definition) is 6. The molecule has 0 heterocycles. The zero-order chi connectivity index (χ0) is 24.2. The van der Waals surface area contributed by atoms with Gasteiger partial charge >= 0.3 is 17.9 Å². The molecule has 0 atom stereocenters. The fourth-order valence-electron chi connectivity index (χ4n) is 3.62. The summed E-state index contributed by atoms with van der Waals surface area (Å²) in [5.74, 6) is -3.47. The van der Waals surface area contributed by atoms with Gasteiger partial charge in [0.25, 0.3) is 0 Å². The Morgan fingerprint density at radius 1 is 0.727 bits per heavy atom. The van der Waals surface area contributed by atoms with E-state index in [1.165, 1.54) is 95.6 Å². The second kappa shape index (κ2) is 19.1. The average Bonchev–Trinajstić information content (AvgIpc) is 2.81. The Bertz CT molecular complexity index is 678. The summed E-state index contributed by atoms with van der Waals surface area (Å²) in [5.41, 5.74) is 1.03. The standard InChI is InChI=1S/C26H40FNO5/c1-2-3-4-5-6-7-8-9-10-11-12-13-14-15-20-28-23-18-16-22(17-19-23)26(31)32-24(29)21-25(30)33-27/h16-19,28H,2-15,20-21H2,1H3. The first kappa shape index (κ1) is 28.6. The maximum absolute atomic E-state index is 11.8. The van der Waals surface area contributed by atoms with Crippen LogP contribution in [0.25, 0.3) is 0 Å². The second-order valence-corrected chi connectivity index (χ2v) is 8.49. The molecule has 186 valence electrons. The number of unbranched alkanes of at least 4 members (excludes halogenated alkanes) is 13. The number of benzene rings is 1. The first-order valence-corrected chi connectivity index (χ1v) is 12.5. The molecule has 0 saturated heterocycles. The van der Waals surface area contributed by atoms with E-state index in [2.05, 4.69) is 21.9 Å². The minimum absolute atomic E-state index is 0.166. The highest BCUT2D eigenvalue weighted by atomic mass is 19.3. The number of rotatable bonds is 19. The lowest BCUT2D eigenvalue weighted by atomic mass is 10.0. The van der Waals surface area contributed by atoms with Crippen LogP contribution in [0, 0.1) is 0 Å². The van der Waals surface area contributed by atoms with Gasteiger partial charge in [-0.15, -0.1) is 0 Å². The fourth-order valence-corrected chi connectivity index (χ4v) is 3.62. The van der Waals surface area contributed by atoms with E-state index in [0.29, 0.717) is 0 Å². The number of carbonyl (C=O) groups excluding carboxylic acids is 3. The van der Waals surface area contributed by atoms with E-state index in [1.54, 1.807) is 12.1 Å². The van der Waals surface area contributed by atoms with E-state index in [-0.39, 0.29) is 5.56 Å². The van der Waals surface area contributed by atoms with Crippen LogP contribution in [0.4, 0.5) is 10.2 Å². The van der Waals surface area contributed by atoms with E-state index in [0.717, 1.165) is 18.7 Å². The zero-order valence-electron chi connectivity index (χ0n) is 20.0. The first-order chi connectivity index (χ1) is 16.1. The van der Waals surface area contributed by atoms with Gasteiger partial charge in [-0.05, 0) is 30.7 Å². The Kier molecular flexibility index (Phi) is 16.5. The van der Waals surface area contributed by atoms with Gasteiger partial charge in [-0.1, -0.05) is 90.4 Å². The van der Waals surface area contributed by atoms with E-state index in [4.69, 9.17) is 0 Å². The molecule has 1 aromatic carbocycles. The van der Waals surface area contributed by atoms with Crippen LogP contribution >= 0.6 is 0 Å². The van der Waals surface area contributed by atoms with Gasteiger partial charge in [-0.2, -0.15) is 0 Å². The molecular weight excluding hydrogens is 425 g/mol. The lowest BCUT2D eigenvalue weighted by Crippen LogP contribution is -2.16. The van der Waals surface area contributed by atoms with Crippen LogP contribution in [0.1, 0.15) is 114 Å². The summed E-state index contributed by atoms with van der Waals surface area (Å²) in [6, 6.07) is 6.49. The van der Waals surface area contributed by atoms with Gasteiger partial charge in [0.15, 0.2) is 0 Å². The quantitative estimate of drug-likeness (QED) is 0.134. The minimum Gasteiger partial charge on any atom is -0.389 e. The summed E-state index contributed by atoms with van der Waals surface area (Å²) < 4.78 is 16.1. The van der Waals surface area contributed by atoms with Gasteiger partial charge in [0, 0.05) is 16.8 Å². The van der Waals surface area contributed by atoms with Gasteiger partial charge < -0.3 is 10.1 Å². The van der Waals surface area contributed by atoms with Crippen LogP contribution in [0.2, 0.25) is 0 Å². The lowest BCUT2D eigenvalue weighted by molar-refractivity contribution is -0.185. The number of anilines is 1. The van der Waals surface area contributed by atoms with E-state index in [1.807, 2.05) is 0 Å². The lowest BCUT2D eigenvalue weighted by Gasteiger charge is -2.07. The molecule has 0 aliphatic rings. The third-order valence-electron chi connectivity index (χ3n) is 5.56. The monoisotopic (exact) mass is 465 g/mol. The number of esters is 2. The third kappa shape index (κ3) is 15.1. The number of nitrogens with one attached hydrogen (secondary N) is 1. The summed E-state index contributed by atoms with van der Waals surface area (Å²) in [6.07, 6.45) is 17.6. The molecule has 1 aromatic rings. The fraction of sp³-hybridized carbons (Fsp3) is 0.654. The van der Waals surface area contributed by atoms with Crippen molar-refractivity contribution >= 4 is 23.6 Å². The highest BCUT2D eigenvalue weighted by molar-refractivity contribution is 6.01. The van der Waals surface area contributed by atoms with Crippen LogP contribution in [0.15, 0.2) is 24.3 Å². The molecule has 0 aliphatic heterocycles. The number of hydrogen-bond donors (Lipinski definition) is 1. The Hall–Kier alpha value is -2.44. The summed E-state index contributed by atoms with van der Waals surface area (Å²) in [7, 11) is 0. The second-order valence-electron chi connectivity index (χ2n) is 8.49. The molecule has 0 spiro atoms. The maximum Gasteiger partial charge on any atom is 0.359 e. The molecule has 6 nitrogen and oxygen atoms in total.